The van der Waals surface area contributed by atoms with E-state index in [0.717, 1.165) is 18.4 Å². The molecule has 1 rings (SSSR count). The van der Waals surface area contributed by atoms with Gasteiger partial charge in [0.1, 0.15) is 11.6 Å². The summed E-state index contributed by atoms with van der Waals surface area (Å²) in [4.78, 5) is 11.7. The Morgan fingerprint density at radius 2 is 2.17 bits per heavy atom. The summed E-state index contributed by atoms with van der Waals surface area (Å²) >= 11 is 5.67. The van der Waals surface area contributed by atoms with Gasteiger partial charge in [-0.1, -0.05) is 24.6 Å². The van der Waals surface area contributed by atoms with Crippen molar-refractivity contribution in [3.8, 4) is 0 Å². The van der Waals surface area contributed by atoms with Gasteiger partial charge >= 0.3 is 0 Å². The van der Waals surface area contributed by atoms with Crippen LogP contribution in [0.25, 0.3) is 0 Å². The summed E-state index contributed by atoms with van der Waals surface area (Å²) in [6.45, 7) is 2.75. The molecule has 0 saturated carbocycles. The summed E-state index contributed by atoms with van der Waals surface area (Å²) in [5.41, 5.74) is 6.22. The van der Waals surface area contributed by atoms with Crippen LogP contribution in [0.5, 0.6) is 0 Å². The van der Waals surface area contributed by atoms with Crippen LogP contribution in [-0.2, 0) is 11.2 Å². The van der Waals surface area contributed by atoms with Gasteiger partial charge in [-0.25, -0.2) is 4.39 Å². The van der Waals surface area contributed by atoms with E-state index in [0.29, 0.717) is 25.3 Å². The summed E-state index contributed by atoms with van der Waals surface area (Å²) in [6, 6.07) is 4.41. The molecule has 2 nitrogen and oxygen atoms in total. The van der Waals surface area contributed by atoms with Crippen LogP contribution in [0.4, 0.5) is 4.39 Å². The Labute approximate surface area is 112 Å². The van der Waals surface area contributed by atoms with Crippen molar-refractivity contribution in [1.29, 1.82) is 0 Å². The lowest BCUT2D eigenvalue weighted by molar-refractivity contribution is -0.118. The van der Waals surface area contributed by atoms with Gasteiger partial charge in [-0.15, -0.1) is 0 Å². The van der Waals surface area contributed by atoms with Crippen molar-refractivity contribution in [2.24, 2.45) is 11.7 Å². The molecule has 0 aliphatic heterocycles. The molecule has 0 aliphatic rings. The number of carbonyl (C=O) groups excluding carboxylic acids is 1. The zero-order valence-electron chi connectivity index (χ0n) is 10.6. The molecule has 1 atom stereocenters. The number of benzene rings is 1. The number of hydrogen-bond donors (Lipinski definition) is 1. The molecule has 0 heterocycles. The van der Waals surface area contributed by atoms with E-state index in [1.165, 1.54) is 12.1 Å². The molecule has 1 aromatic carbocycles. The number of carbonyl (C=O) groups is 1. The second-order valence-electron chi connectivity index (χ2n) is 4.69. The highest BCUT2D eigenvalue weighted by atomic mass is 35.5. The Morgan fingerprint density at radius 1 is 1.44 bits per heavy atom. The molecular formula is C14H19ClFNO. The van der Waals surface area contributed by atoms with Gasteiger partial charge in [0.05, 0.1) is 5.02 Å². The molecular weight excluding hydrogens is 253 g/mol. The normalized spacial score (nSPS) is 12.4. The van der Waals surface area contributed by atoms with Gasteiger partial charge in [-0.3, -0.25) is 4.79 Å². The maximum atomic E-state index is 12.9. The van der Waals surface area contributed by atoms with Crippen molar-refractivity contribution in [3.05, 3.63) is 34.6 Å². The molecule has 2 N–H and O–H groups in total. The summed E-state index contributed by atoms with van der Waals surface area (Å²) in [7, 11) is 0. The third-order valence-corrected chi connectivity index (χ3v) is 3.25. The van der Waals surface area contributed by atoms with Crippen molar-refractivity contribution in [2.75, 3.05) is 6.54 Å². The van der Waals surface area contributed by atoms with Crippen molar-refractivity contribution in [2.45, 2.75) is 32.6 Å². The topological polar surface area (TPSA) is 43.1 Å². The van der Waals surface area contributed by atoms with Crippen molar-refractivity contribution < 1.29 is 9.18 Å². The van der Waals surface area contributed by atoms with E-state index in [1.807, 2.05) is 0 Å². The SMILES string of the molecule is CC(CCN)CCC(=O)Cc1ccc(F)c(Cl)c1. The van der Waals surface area contributed by atoms with Gasteiger partial charge in [0.2, 0.25) is 0 Å². The molecule has 1 unspecified atom stereocenters. The maximum absolute atomic E-state index is 12.9. The summed E-state index contributed by atoms with van der Waals surface area (Å²) in [6.07, 6.45) is 2.64. The molecule has 0 bridgehead atoms. The monoisotopic (exact) mass is 271 g/mol. The molecule has 0 saturated heterocycles. The third-order valence-electron chi connectivity index (χ3n) is 2.96. The standard InChI is InChI=1S/C14H19ClFNO/c1-10(6-7-17)2-4-12(18)8-11-3-5-14(16)13(15)9-11/h3,5,9-10H,2,4,6-8,17H2,1H3. The fourth-order valence-electron chi connectivity index (χ4n) is 1.80. The maximum Gasteiger partial charge on any atom is 0.141 e. The molecule has 0 amide bonds. The lowest BCUT2D eigenvalue weighted by atomic mass is 9.98. The van der Waals surface area contributed by atoms with Gasteiger partial charge in [0, 0.05) is 12.8 Å². The van der Waals surface area contributed by atoms with E-state index in [4.69, 9.17) is 17.3 Å². The summed E-state index contributed by atoms with van der Waals surface area (Å²) in [5.74, 6) is 0.168. The first-order valence-electron chi connectivity index (χ1n) is 6.18. The minimum Gasteiger partial charge on any atom is -0.330 e. The van der Waals surface area contributed by atoms with Gasteiger partial charge in [-0.2, -0.15) is 0 Å². The number of ketones is 1. The average molecular weight is 272 g/mol. The van der Waals surface area contributed by atoms with Crippen molar-refractivity contribution >= 4 is 17.4 Å². The van der Waals surface area contributed by atoms with E-state index in [2.05, 4.69) is 6.92 Å². The number of halogens is 2. The van der Waals surface area contributed by atoms with E-state index in [-0.39, 0.29) is 10.8 Å². The first-order chi connectivity index (χ1) is 8.52. The minimum absolute atomic E-state index is 0.0665. The second kappa shape index (κ2) is 7.49. The van der Waals surface area contributed by atoms with Crippen LogP contribution in [0.2, 0.25) is 5.02 Å². The Kier molecular flexibility index (Phi) is 6.30. The Balaban J connectivity index is 2.42. The first kappa shape index (κ1) is 15.1. The van der Waals surface area contributed by atoms with E-state index in [1.54, 1.807) is 6.07 Å². The predicted molar refractivity (Wildman–Crippen MR) is 72.2 cm³/mol. The number of hydrogen-bond acceptors (Lipinski definition) is 2. The highest BCUT2D eigenvalue weighted by Gasteiger charge is 2.09. The van der Waals surface area contributed by atoms with Crippen molar-refractivity contribution in [3.63, 3.8) is 0 Å². The lowest BCUT2D eigenvalue weighted by Crippen LogP contribution is -2.09. The molecule has 0 aromatic heterocycles. The van der Waals surface area contributed by atoms with Crippen LogP contribution in [-0.4, -0.2) is 12.3 Å². The first-order valence-corrected chi connectivity index (χ1v) is 6.56. The zero-order valence-corrected chi connectivity index (χ0v) is 11.3. The van der Waals surface area contributed by atoms with E-state index in [9.17, 15) is 9.18 Å². The molecule has 0 fully saturated rings. The highest BCUT2D eigenvalue weighted by Crippen LogP contribution is 2.17. The smallest absolute Gasteiger partial charge is 0.141 e. The number of nitrogens with two attached hydrogens (primary N) is 1. The lowest BCUT2D eigenvalue weighted by Gasteiger charge is -2.09. The largest absolute Gasteiger partial charge is 0.330 e. The van der Waals surface area contributed by atoms with Crippen LogP contribution in [0.1, 0.15) is 31.7 Å². The molecule has 1 aromatic rings. The summed E-state index contributed by atoms with van der Waals surface area (Å²) < 4.78 is 12.9. The van der Waals surface area contributed by atoms with Crippen LogP contribution in [0.15, 0.2) is 18.2 Å². The van der Waals surface area contributed by atoms with Gasteiger partial charge < -0.3 is 5.73 Å². The van der Waals surface area contributed by atoms with E-state index >= 15 is 0 Å². The van der Waals surface area contributed by atoms with Crippen molar-refractivity contribution in [1.82, 2.24) is 0 Å². The van der Waals surface area contributed by atoms with Gasteiger partial charge in [-0.05, 0) is 43.0 Å². The Morgan fingerprint density at radius 3 is 2.78 bits per heavy atom. The van der Waals surface area contributed by atoms with Crippen LogP contribution in [0, 0.1) is 11.7 Å². The molecule has 100 valence electrons. The van der Waals surface area contributed by atoms with Crippen LogP contribution >= 0.6 is 11.6 Å². The highest BCUT2D eigenvalue weighted by molar-refractivity contribution is 6.30. The summed E-state index contributed by atoms with van der Waals surface area (Å²) in [5, 5.41) is 0.0665. The predicted octanol–water partition coefficient (Wildman–Crippen LogP) is 3.36. The minimum atomic E-state index is -0.454. The fourth-order valence-corrected chi connectivity index (χ4v) is 2.01. The molecule has 4 heteroatoms. The second-order valence-corrected chi connectivity index (χ2v) is 5.09. The molecule has 0 aliphatic carbocycles. The molecule has 0 radical (unpaired) electrons. The number of Topliss-reactive ketones (excluding diaryl/α,β-unsaturated/α-hetero) is 1. The van der Waals surface area contributed by atoms with Gasteiger partial charge in [0.25, 0.3) is 0 Å². The average Bonchev–Trinajstić information content (AvgIpc) is 2.32. The Bertz CT molecular complexity index is 409. The fraction of sp³-hybridized carbons (Fsp3) is 0.500. The van der Waals surface area contributed by atoms with Crippen LogP contribution in [0.3, 0.4) is 0 Å². The van der Waals surface area contributed by atoms with Crippen LogP contribution < -0.4 is 5.73 Å². The quantitative estimate of drug-likeness (QED) is 0.826. The van der Waals surface area contributed by atoms with Gasteiger partial charge in [0.15, 0.2) is 0 Å². The molecule has 0 spiro atoms. The zero-order chi connectivity index (χ0) is 13.5. The Hall–Kier alpha value is -0.930. The number of rotatable bonds is 7. The molecule has 18 heavy (non-hydrogen) atoms. The third kappa shape index (κ3) is 5.15. The van der Waals surface area contributed by atoms with E-state index < -0.39 is 5.82 Å².